The smallest absolute Gasteiger partial charge is 0.296 e. The molecular formula is C44H26N8. The lowest BCUT2D eigenvalue weighted by Gasteiger charge is -2.12. The number of hydrogen-bond acceptors (Lipinski definition) is 5. The van der Waals surface area contributed by atoms with Crippen LogP contribution in [0.4, 0.5) is 5.82 Å². The van der Waals surface area contributed by atoms with E-state index < -0.39 is 0 Å². The molecule has 0 unspecified atom stereocenters. The van der Waals surface area contributed by atoms with Gasteiger partial charge in [-0.3, -0.25) is 9.13 Å². The number of nitrogens with zero attached hydrogens (tertiary/aromatic N) is 8. The van der Waals surface area contributed by atoms with Gasteiger partial charge in [0.05, 0.1) is 27.8 Å². The van der Waals surface area contributed by atoms with Crippen molar-refractivity contribution in [1.29, 1.82) is 5.26 Å². The molecule has 52 heavy (non-hydrogen) atoms. The highest BCUT2D eigenvalue weighted by Gasteiger charge is 2.21. The van der Waals surface area contributed by atoms with Crippen molar-refractivity contribution in [3.63, 3.8) is 0 Å². The molecule has 6 aromatic carbocycles. The minimum Gasteiger partial charge on any atom is -0.359 e. The van der Waals surface area contributed by atoms with Crippen LogP contribution >= 0.6 is 0 Å². The molecule has 0 spiro atoms. The van der Waals surface area contributed by atoms with E-state index in [9.17, 15) is 5.26 Å². The summed E-state index contributed by atoms with van der Waals surface area (Å²) < 4.78 is 4.25. The Kier molecular flexibility index (Phi) is 7.39. The molecule has 8 heteroatoms. The first-order chi connectivity index (χ1) is 25.7. The fourth-order valence-electron chi connectivity index (χ4n) is 6.65. The normalized spacial score (nSPS) is 11.0. The molecule has 3 heterocycles. The van der Waals surface area contributed by atoms with Gasteiger partial charge in [-0.15, -0.1) is 4.98 Å². The van der Waals surface area contributed by atoms with Gasteiger partial charge in [0.2, 0.25) is 0 Å². The van der Waals surface area contributed by atoms with Crippen molar-refractivity contribution >= 4 is 27.9 Å². The van der Waals surface area contributed by atoms with Crippen LogP contribution in [0.15, 0.2) is 158 Å². The molecule has 0 aliphatic carbocycles. The molecule has 9 rings (SSSR count). The summed E-state index contributed by atoms with van der Waals surface area (Å²) in [7, 11) is 0. The first kappa shape index (κ1) is 30.4. The quantitative estimate of drug-likeness (QED) is 0.165. The second kappa shape index (κ2) is 12.6. The summed E-state index contributed by atoms with van der Waals surface area (Å²) in [6.07, 6.45) is 0. The summed E-state index contributed by atoms with van der Waals surface area (Å²) in [5.41, 5.74) is 9.80. The second-order valence-corrected chi connectivity index (χ2v) is 12.2. The van der Waals surface area contributed by atoms with Gasteiger partial charge in [0.1, 0.15) is 17.7 Å². The van der Waals surface area contributed by atoms with E-state index in [0.717, 1.165) is 56.2 Å². The lowest BCUT2D eigenvalue weighted by molar-refractivity contribution is 1.10. The molecule has 0 radical (unpaired) electrons. The first-order valence-corrected chi connectivity index (χ1v) is 16.7. The highest BCUT2D eigenvalue weighted by atomic mass is 15.1. The lowest BCUT2D eigenvalue weighted by Crippen LogP contribution is -2.00. The van der Waals surface area contributed by atoms with Gasteiger partial charge in [-0.25, -0.2) is 15.0 Å². The van der Waals surface area contributed by atoms with Gasteiger partial charge in [0.15, 0.2) is 11.4 Å². The average molecular weight is 667 g/mol. The van der Waals surface area contributed by atoms with E-state index in [1.54, 1.807) is 0 Å². The van der Waals surface area contributed by atoms with Crippen molar-refractivity contribution in [2.45, 2.75) is 0 Å². The van der Waals surface area contributed by atoms with Gasteiger partial charge in [0, 0.05) is 28.1 Å². The van der Waals surface area contributed by atoms with Crippen LogP contribution in [0.1, 0.15) is 5.69 Å². The third-order valence-electron chi connectivity index (χ3n) is 9.07. The van der Waals surface area contributed by atoms with E-state index in [-0.39, 0.29) is 11.5 Å². The van der Waals surface area contributed by atoms with Crippen LogP contribution < -0.4 is 0 Å². The zero-order valence-electron chi connectivity index (χ0n) is 27.6. The highest BCUT2D eigenvalue weighted by molar-refractivity contribution is 5.85. The molecule has 0 N–H and O–H groups in total. The van der Waals surface area contributed by atoms with Crippen LogP contribution in [0, 0.1) is 17.9 Å². The number of nitriles is 1. The van der Waals surface area contributed by atoms with E-state index in [4.69, 9.17) is 26.5 Å². The molecule has 0 aliphatic heterocycles. The monoisotopic (exact) mass is 666 g/mol. The van der Waals surface area contributed by atoms with Gasteiger partial charge in [-0.2, -0.15) is 5.26 Å². The van der Waals surface area contributed by atoms with Crippen LogP contribution in [0.2, 0.25) is 0 Å². The van der Waals surface area contributed by atoms with Crippen LogP contribution in [-0.4, -0.2) is 29.1 Å². The Hall–Kier alpha value is -7.68. The lowest BCUT2D eigenvalue weighted by atomic mass is 10.1. The van der Waals surface area contributed by atoms with Crippen LogP contribution in [-0.2, 0) is 0 Å². The Bertz CT molecular complexity index is 2640. The zero-order chi connectivity index (χ0) is 35.0. The summed E-state index contributed by atoms with van der Waals surface area (Å²) in [6, 6.07) is 54.0. The van der Waals surface area contributed by atoms with Gasteiger partial charge in [-0.05, 0) is 66.2 Å². The Morgan fingerprint density at radius 1 is 0.462 bits per heavy atom. The SMILES string of the molecule is [C-]#[N+]c1nc(-c2ccc(-n3c(-c4ccccc4)nc4ccccc43)cc2)c(C#N)nc1-c1ccc(-n2c(-c3ccccc3)nc3ccccc32)cc1. The fourth-order valence-corrected chi connectivity index (χ4v) is 6.65. The number of benzene rings is 6. The Labute approximate surface area is 299 Å². The fraction of sp³-hybridized carbons (Fsp3) is 0. The summed E-state index contributed by atoms with van der Waals surface area (Å²) in [5.74, 6) is 1.78. The minimum absolute atomic E-state index is 0.121. The topological polar surface area (TPSA) is 89.6 Å². The van der Waals surface area contributed by atoms with Gasteiger partial charge < -0.3 is 4.85 Å². The molecule has 0 atom stereocenters. The maximum absolute atomic E-state index is 10.3. The molecule has 0 bridgehead atoms. The molecule has 0 aliphatic rings. The Morgan fingerprint density at radius 2 is 0.904 bits per heavy atom. The van der Waals surface area contributed by atoms with Crippen LogP contribution in [0.25, 0.3) is 83.6 Å². The number of rotatable bonds is 6. The minimum atomic E-state index is 0.121. The summed E-state index contributed by atoms with van der Waals surface area (Å²) in [5, 5.41) is 10.3. The van der Waals surface area contributed by atoms with Gasteiger partial charge in [0.25, 0.3) is 5.82 Å². The zero-order valence-corrected chi connectivity index (χ0v) is 27.6. The van der Waals surface area contributed by atoms with Crippen molar-refractivity contribution in [3.05, 3.63) is 175 Å². The highest BCUT2D eigenvalue weighted by Crippen LogP contribution is 2.35. The number of aromatic nitrogens is 6. The van der Waals surface area contributed by atoms with E-state index in [0.29, 0.717) is 22.5 Å². The largest absolute Gasteiger partial charge is 0.359 e. The summed E-state index contributed by atoms with van der Waals surface area (Å²) in [6.45, 7) is 8.02. The predicted octanol–water partition coefficient (Wildman–Crippen LogP) is 10.2. The van der Waals surface area contributed by atoms with Crippen LogP contribution in [0.3, 0.4) is 0 Å². The number of imidazole rings is 2. The van der Waals surface area contributed by atoms with Crippen molar-refractivity contribution in [3.8, 4) is 62.7 Å². The van der Waals surface area contributed by atoms with E-state index >= 15 is 0 Å². The molecule has 3 aromatic heterocycles. The molecule has 8 nitrogen and oxygen atoms in total. The van der Waals surface area contributed by atoms with Crippen LogP contribution in [0.5, 0.6) is 0 Å². The van der Waals surface area contributed by atoms with Crippen molar-refractivity contribution in [1.82, 2.24) is 29.1 Å². The van der Waals surface area contributed by atoms with E-state index in [1.807, 2.05) is 146 Å². The van der Waals surface area contributed by atoms with Crippen molar-refractivity contribution < 1.29 is 0 Å². The first-order valence-electron chi connectivity index (χ1n) is 16.7. The average Bonchev–Trinajstić information content (AvgIpc) is 3.81. The number of fused-ring (bicyclic) bond motifs is 2. The Balaban J connectivity index is 1.09. The summed E-state index contributed by atoms with van der Waals surface area (Å²) in [4.78, 5) is 23.1. The third kappa shape index (κ3) is 5.16. The van der Waals surface area contributed by atoms with E-state index in [1.165, 1.54) is 0 Å². The molecular weight excluding hydrogens is 641 g/mol. The second-order valence-electron chi connectivity index (χ2n) is 12.2. The van der Waals surface area contributed by atoms with Crippen molar-refractivity contribution in [2.75, 3.05) is 0 Å². The number of para-hydroxylation sites is 4. The van der Waals surface area contributed by atoms with E-state index in [2.05, 4.69) is 32.2 Å². The molecule has 0 fully saturated rings. The standard InChI is InChI=1S/C44H26N8/c1-46-42-41(30-22-26-34(27-23-30)52-39-19-11-9-17-36(39)49-44(52)32-14-6-3-7-15-32)47-37(28-45)40(50-42)29-20-24-33(25-21-29)51-38-18-10-8-16-35(38)48-43(51)31-12-4-2-5-13-31/h2-27H. The summed E-state index contributed by atoms with van der Waals surface area (Å²) >= 11 is 0. The predicted molar refractivity (Wildman–Crippen MR) is 204 cm³/mol. The molecule has 242 valence electrons. The molecule has 9 aromatic rings. The molecule has 0 saturated carbocycles. The number of hydrogen-bond donors (Lipinski definition) is 0. The third-order valence-corrected chi connectivity index (χ3v) is 9.07. The maximum Gasteiger partial charge on any atom is 0.296 e. The maximum atomic E-state index is 10.3. The van der Waals surface area contributed by atoms with Gasteiger partial charge in [-0.1, -0.05) is 104 Å². The Morgan fingerprint density at radius 3 is 1.37 bits per heavy atom. The van der Waals surface area contributed by atoms with Crippen molar-refractivity contribution in [2.24, 2.45) is 0 Å². The molecule has 0 saturated heterocycles. The molecule has 0 amide bonds. The van der Waals surface area contributed by atoms with Gasteiger partial charge >= 0.3 is 0 Å².